The summed E-state index contributed by atoms with van der Waals surface area (Å²) < 4.78 is 5.13. The van der Waals surface area contributed by atoms with Gasteiger partial charge in [-0.15, -0.1) is 12.4 Å². The van der Waals surface area contributed by atoms with Gasteiger partial charge in [-0.1, -0.05) is 5.16 Å². The third kappa shape index (κ3) is 5.65. The molecule has 8 heteroatoms. The van der Waals surface area contributed by atoms with Crippen LogP contribution in [0.5, 0.6) is 0 Å². The number of rotatable bonds is 8. The number of carbonyl (C=O) groups is 2. The standard InChI is InChI=1S/C14H22N4O3.ClH/c1-9(15)13(19)16-6-2-3-7-17-14(20)11-8-12(21-18-11)10-4-5-10;/h8-10H,2-7,15H2,1H3,(H,16,19)(H,17,20);1H. The molecule has 1 heterocycles. The summed E-state index contributed by atoms with van der Waals surface area (Å²) in [6.07, 6.45) is 3.79. The van der Waals surface area contributed by atoms with Crippen molar-refractivity contribution in [2.24, 2.45) is 5.73 Å². The van der Waals surface area contributed by atoms with Gasteiger partial charge in [0.25, 0.3) is 5.91 Å². The maximum atomic E-state index is 11.8. The quantitative estimate of drug-likeness (QED) is 0.615. The summed E-state index contributed by atoms with van der Waals surface area (Å²) in [7, 11) is 0. The van der Waals surface area contributed by atoms with Crippen LogP contribution in [0.15, 0.2) is 10.6 Å². The monoisotopic (exact) mass is 330 g/mol. The van der Waals surface area contributed by atoms with Crippen molar-refractivity contribution in [2.45, 2.75) is 44.6 Å². The second-order valence-electron chi connectivity index (χ2n) is 5.43. The van der Waals surface area contributed by atoms with Crippen LogP contribution >= 0.6 is 12.4 Å². The van der Waals surface area contributed by atoms with Crippen molar-refractivity contribution in [3.8, 4) is 0 Å². The van der Waals surface area contributed by atoms with Crippen molar-refractivity contribution in [1.29, 1.82) is 0 Å². The van der Waals surface area contributed by atoms with Crippen LogP contribution in [0.1, 0.15) is 54.8 Å². The first-order valence-corrected chi connectivity index (χ1v) is 7.36. The molecule has 2 amide bonds. The number of carbonyl (C=O) groups excluding carboxylic acids is 2. The van der Waals surface area contributed by atoms with Crippen molar-refractivity contribution in [1.82, 2.24) is 15.8 Å². The molecule has 4 N–H and O–H groups in total. The van der Waals surface area contributed by atoms with Gasteiger partial charge >= 0.3 is 0 Å². The highest BCUT2D eigenvalue weighted by molar-refractivity contribution is 5.92. The maximum Gasteiger partial charge on any atom is 0.273 e. The Bertz CT molecular complexity index is 500. The second kappa shape index (κ2) is 8.75. The minimum atomic E-state index is -0.488. The molecule has 2 rings (SSSR count). The van der Waals surface area contributed by atoms with Gasteiger partial charge in [0.2, 0.25) is 5.91 Å². The van der Waals surface area contributed by atoms with Crippen molar-refractivity contribution >= 4 is 24.2 Å². The Balaban J connectivity index is 0.00000242. The Hall–Kier alpha value is -1.60. The van der Waals surface area contributed by atoms with Gasteiger partial charge < -0.3 is 20.9 Å². The van der Waals surface area contributed by atoms with E-state index in [1.807, 2.05) is 0 Å². The lowest BCUT2D eigenvalue weighted by Crippen LogP contribution is -2.38. The molecule has 7 nitrogen and oxygen atoms in total. The van der Waals surface area contributed by atoms with Crippen LogP contribution in [0.4, 0.5) is 0 Å². The normalized spacial score (nSPS) is 14.8. The topological polar surface area (TPSA) is 110 Å². The van der Waals surface area contributed by atoms with Crippen LogP contribution in [-0.2, 0) is 4.79 Å². The molecular weight excluding hydrogens is 308 g/mol. The summed E-state index contributed by atoms with van der Waals surface area (Å²) in [6, 6.07) is 1.23. The zero-order valence-corrected chi connectivity index (χ0v) is 13.4. The predicted octanol–water partition coefficient (Wildman–Crippen LogP) is 0.947. The van der Waals surface area contributed by atoms with E-state index in [1.165, 1.54) is 0 Å². The van der Waals surface area contributed by atoms with Gasteiger partial charge in [0.1, 0.15) is 5.76 Å². The number of hydrogen-bond acceptors (Lipinski definition) is 5. The molecule has 0 spiro atoms. The lowest BCUT2D eigenvalue weighted by Gasteiger charge is -2.07. The molecule has 22 heavy (non-hydrogen) atoms. The molecule has 1 saturated carbocycles. The number of hydrogen-bond donors (Lipinski definition) is 3. The molecule has 0 bridgehead atoms. The average Bonchev–Trinajstić information content (AvgIpc) is 3.19. The minimum Gasteiger partial charge on any atom is -0.360 e. The van der Waals surface area contributed by atoms with Crippen molar-refractivity contribution in [3.63, 3.8) is 0 Å². The van der Waals surface area contributed by atoms with Crippen LogP contribution in [-0.4, -0.2) is 36.1 Å². The van der Waals surface area contributed by atoms with Gasteiger partial charge in [0.05, 0.1) is 6.04 Å². The van der Waals surface area contributed by atoms with Crippen molar-refractivity contribution < 1.29 is 14.1 Å². The van der Waals surface area contributed by atoms with E-state index in [0.29, 0.717) is 24.7 Å². The van der Waals surface area contributed by atoms with Crippen LogP contribution < -0.4 is 16.4 Å². The molecule has 1 aromatic rings. The van der Waals surface area contributed by atoms with E-state index in [9.17, 15) is 9.59 Å². The van der Waals surface area contributed by atoms with Gasteiger partial charge in [-0.05, 0) is 32.6 Å². The van der Waals surface area contributed by atoms with Crippen LogP contribution in [0.25, 0.3) is 0 Å². The van der Waals surface area contributed by atoms with E-state index in [0.717, 1.165) is 31.4 Å². The predicted molar refractivity (Wildman–Crippen MR) is 84.0 cm³/mol. The molecule has 0 aromatic carbocycles. The van der Waals surface area contributed by atoms with Gasteiger partial charge in [-0.3, -0.25) is 9.59 Å². The van der Waals surface area contributed by atoms with Crippen molar-refractivity contribution in [3.05, 3.63) is 17.5 Å². The summed E-state index contributed by atoms with van der Waals surface area (Å²) in [4.78, 5) is 23.0. The third-order valence-electron chi connectivity index (χ3n) is 3.34. The molecule has 1 unspecified atom stereocenters. The number of nitrogens with two attached hydrogens (primary N) is 1. The molecule has 124 valence electrons. The zero-order valence-electron chi connectivity index (χ0n) is 12.6. The number of aromatic nitrogens is 1. The third-order valence-corrected chi connectivity index (χ3v) is 3.34. The Morgan fingerprint density at radius 3 is 2.59 bits per heavy atom. The molecule has 1 fully saturated rings. The highest BCUT2D eigenvalue weighted by Crippen LogP contribution is 2.40. The van der Waals surface area contributed by atoms with Crippen molar-refractivity contribution in [2.75, 3.05) is 13.1 Å². The minimum absolute atomic E-state index is 0. The van der Waals surface area contributed by atoms with E-state index in [2.05, 4.69) is 15.8 Å². The lowest BCUT2D eigenvalue weighted by molar-refractivity contribution is -0.121. The van der Waals surface area contributed by atoms with Crippen LogP contribution in [0.3, 0.4) is 0 Å². The molecule has 1 aromatic heterocycles. The number of halogens is 1. The summed E-state index contributed by atoms with van der Waals surface area (Å²) in [5.41, 5.74) is 5.76. The number of amides is 2. The summed E-state index contributed by atoms with van der Waals surface area (Å²) in [5.74, 6) is 0.880. The molecule has 0 radical (unpaired) electrons. The fourth-order valence-electron chi connectivity index (χ4n) is 1.87. The van der Waals surface area contributed by atoms with Gasteiger partial charge in [0.15, 0.2) is 5.69 Å². The second-order valence-corrected chi connectivity index (χ2v) is 5.43. The van der Waals surface area contributed by atoms with Gasteiger partial charge in [0, 0.05) is 25.1 Å². The van der Waals surface area contributed by atoms with Gasteiger partial charge in [-0.25, -0.2) is 0 Å². The Morgan fingerprint density at radius 2 is 2.00 bits per heavy atom. The number of unbranched alkanes of at least 4 members (excludes halogenated alkanes) is 1. The SMILES string of the molecule is CC(N)C(=O)NCCCCNC(=O)c1cc(C2CC2)on1.Cl. The highest BCUT2D eigenvalue weighted by atomic mass is 35.5. The largest absolute Gasteiger partial charge is 0.360 e. The molecule has 1 aliphatic carbocycles. The maximum absolute atomic E-state index is 11.8. The van der Waals surface area contributed by atoms with E-state index in [-0.39, 0.29) is 24.2 Å². The molecule has 1 aliphatic rings. The smallest absolute Gasteiger partial charge is 0.273 e. The van der Waals surface area contributed by atoms with E-state index in [1.54, 1.807) is 13.0 Å². The molecule has 0 aliphatic heterocycles. The summed E-state index contributed by atoms with van der Waals surface area (Å²) in [6.45, 7) is 2.74. The summed E-state index contributed by atoms with van der Waals surface area (Å²) in [5, 5.41) is 9.28. The van der Waals surface area contributed by atoms with Crippen LogP contribution in [0, 0.1) is 0 Å². The average molecular weight is 331 g/mol. The highest BCUT2D eigenvalue weighted by Gasteiger charge is 2.28. The van der Waals surface area contributed by atoms with Crippen LogP contribution in [0.2, 0.25) is 0 Å². The van der Waals surface area contributed by atoms with E-state index >= 15 is 0 Å². The Labute approximate surface area is 135 Å². The van der Waals surface area contributed by atoms with E-state index < -0.39 is 6.04 Å². The molecular formula is C14H23ClN4O3. The summed E-state index contributed by atoms with van der Waals surface area (Å²) >= 11 is 0. The van der Waals surface area contributed by atoms with Gasteiger partial charge in [-0.2, -0.15) is 0 Å². The number of nitrogens with zero attached hydrogens (tertiary/aromatic N) is 1. The zero-order chi connectivity index (χ0) is 15.2. The Kier molecular flexibility index (Phi) is 7.34. The van der Waals surface area contributed by atoms with E-state index in [4.69, 9.17) is 10.3 Å². The lowest BCUT2D eigenvalue weighted by atomic mass is 10.2. The fraction of sp³-hybridized carbons (Fsp3) is 0.643. The first kappa shape index (κ1) is 18.4. The molecule has 1 atom stereocenters. The first-order valence-electron chi connectivity index (χ1n) is 7.36. The fourth-order valence-corrected chi connectivity index (χ4v) is 1.87. The first-order chi connectivity index (χ1) is 10.1. The Morgan fingerprint density at radius 1 is 1.36 bits per heavy atom. The number of nitrogens with one attached hydrogen (secondary N) is 2. The molecule has 0 saturated heterocycles.